The standard InChI is InChI=1S/C7H10O2S/c1-6-4-3-5-7(6)10(2,8)9/h3-6H,1-2H3. The van der Waals surface area contributed by atoms with Crippen LogP contribution in [0.2, 0.25) is 0 Å². The molecule has 0 saturated heterocycles. The van der Waals surface area contributed by atoms with Gasteiger partial charge in [-0.05, 0) is 6.08 Å². The molecule has 0 amide bonds. The maximum atomic E-state index is 10.9. The van der Waals surface area contributed by atoms with Crippen molar-refractivity contribution >= 4 is 9.84 Å². The van der Waals surface area contributed by atoms with Crippen molar-refractivity contribution < 1.29 is 8.42 Å². The minimum absolute atomic E-state index is 0.0648. The van der Waals surface area contributed by atoms with Crippen LogP contribution >= 0.6 is 0 Å². The van der Waals surface area contributed by atoms with Crippen LogP contribution < -0.4 is 0 Å². The van der Waals surface area contributed by atoms with E-state index in [0.29, 0.717) is 4.91 Å². The van der Waals surface area contributed by atoms with Gasteiger partial charge in [-0.3, -0.25) is 0 Å². The Balaban J connectivity index is 3.00. The van der Waals surface area contributed by atoms with Gasteiger partial charge in [0.2, 0.25) is 0 Å². The molecule has 10 heavy (non-hydrogen) atoms. The van der Waals surface area contributed by atoms with E-state index in [1.165, 1.54) is 6.26 Å². The van der Waals surface area contributed by atoms with E-state index < -0.39 is 9.84 Å². The molecule has 0 radical (unpaired) electrons. The number of sulfone groups is 1. The van der Waals surface area contributed by atoms with Crippen molar-refractivity contribution in [2.45, 2.75) is 6.92 Å². The second kappa shape index (κ2) is 2.23. The van der Waals surface area contributed by atoms with Crippen molar-refractivity contribution in [2.75, 3.05) is 6.26 Å². The van der Waals surface area contributed by atoms with E-state index in [-0.39, 0.29) is 5.92 Å². The average Bonchev–Trinajstić information content (AvgIpc) is 2.11. The smallest absolute Gasteiger partial charge is 0.172 e. The summed E-state index contributed by atoms with van der Waals surface area (Å²) in [4.78, 5) is 0.521. The first-order valence-corrected chi connectivity index (χ1v) is 4.99. The lowest BCUT2D eigenvalue weighted by molar-refractivity contribution is 0.604. The van der Waals surface area contributed by atoms with Gasteiger partial charge in [0.15, 0.2) is 9.84 Å². The molecule has 0 spiro atoms. The lowest BCUT2D eigenvalue weighted by atomic mass is 10.2. The van der Waals surface area contributed by atoms with Crippen LogP contribution in [0.1, 0.15) is 6.92 Å². The molecule has 0 aromatic heterocycles. The zero-order valence-corrected chi connectivity index (χ0v) is 6.85. The highest BCUT2D eigenvalue weighted by molar-refractivity contribution is 7.94. The van der Waals surface area contributed by atoms with Crippen LogP contribution in [0, 0.1) is 5.92 Å². The molecule has 2 nitrogen and oxygen atoms in total. The van der Waals surface area contributed by atoms with Crippen LogP contribution in [0.25, 0.3) is 0 Å². The summed E-state index contributed by atoms with van der Waals surface area (Å²) in [6.45, 7) is 1.87. The molecule has 0 fully saturated rings. The monoisotopic (exact) mass is 158 g/mol. The van der Waals surface area contributed by atoms with Crippen molar-refractivity contribution in [1.29, 1.82) is 0 Å². The zero-order valence-electron chi connectivity index (χ0n) is 6.03. The Morgan fingerprint density at radius 3 is 2.30 bits per heavy atom. The number of hydrogen-bond acceptors (Lipinski definition) is 2. The normalized spacial score (nSPS) is 25.0. The minimum atomic E-state index is -2.95. The SMILES string of the molecule is CC1C=CC=C1S(C)(=O)=O. The summed E-state index contributed by atoms with van der Waals surface area (Å²) >= 11 is 0. The molecule has 0 aromatic carbocycles. The maximum Gasteiger partial charge on any atom is 0.172 e. The first-order chi connectivity index (χ1) is 4.52. The van der Waals surface area contributed by atoms with E-state index in [9.17, 15) is 8.42 Å². The Morgan fingerprint density at radius 1 is 1.50 bits per heavy atom. The Hall–Kier alpha value is -0.570. The second-order valence-corrected chi connectivity index (χ2v) is 4.53. The highest BCUT2D eigenvalue weighted by atomic mass is 32.2. The second-order valence-electron chi connectivity index (χ2n) is 2.51. The van der Waals surface area contributed by atoms with E-state index in [2.05, 4.69) is 0 Å². The molecule has 1 aliphatic rings. The number of hydrogen-bond donors (Lipinski definition) is 0. The van der Waals surface area contributed by atoms with Gasteiger partial charge in [0.05, 0.1) is 4.91 Å². The van der Waals surface area contributed by atoms with Gasteiger partial charge < -0.3 is 0 Å². The molecule has 1 rings (SSSR count). The first-order valence-electron chi connectivity index (χ1n) is 3.10. The van der Waals surface area contributed by atoms with Crippen molar-refractivity contribution in [1.82, 2.24) is 0 Å². The van der Waals surface area contributed by atoms with E-state index >= 15 is 0 Å². The van der Waals surface area contributed by atoms with Gasteiger partial charge in [-0.2, -0.15) is 0 Å². The van der Waals surface area contributed by atoms with E-state index in [1.54, 1.807) is 12.2 Å². The molecule has 1 aliphatic carbocycles. The Labute approximate surface area is 61.2 Å². The lowest BCUT2D eigenvalue weighted by Gasteiger charge is -2.03. The van der Waals surface area contributed by atoms with Gasteiger partial charge in [0, 0.05) is 12.2 Å². The molecule has 3 heteroatoms. The Bertz CT molecular complexity index is 283. The highest BCUT2D eigenvalue weighted by Gasteiger charge is 2.18. The predicted molar refractivity (Wildman–Crippen MR) is 41.2 cm³/mol. The van der Waals surface area contributed by atoms with Crippen LogP contribution in [-0.2, 0) is 9.84 Å². The van der Waals surface area contributed by atoms with Crippen LogP contribution in [0.15, 0.2) is 23.1 Å². The largest absolute Gasteiger partial charge is 0.224 e. The van der Waals surface area contributed by atoms with Gasteiger partial charge in [-0.1, -0.05) is 19.1 Å². The van der Waals surface area contributed by atoms with E-state index in [4.69, 9.17) is 0 Å². The molecule has 0 aromatic rings. The molecule has 0 bridgehead atoms. The Kier molecular flexibility index (Phi) is 1.68. The molecule has 1 unspecified atom stereocenters. The average molecular weight is 158 g/mol. The number of allylic oxidation sites excluding steroid dienone is 4. The van der Waals surface area contributed by atoms with Crippen LogP contribution in [0.3, 0.4) is 0 Å². The summed E-state index contributed by atoms with van der Waals surface area (Å²) in [5, 5.41) is 0. The van der Waals surface area contributed by atoms with Crippen LogP contribution in [-0.4, -0.2) is 14.7 Å². The molecule has 0 aliphatic heterocycles. The topological polar surface area (TPSA) is 34.1 Å². The molecule has 0 heterocycles. The molecule has 56 valence electrons. The van der Waals surface area contributed by atoms with E-state index in [0.717, 1.165) is 0 Å². The molecule has 0 saturated carbocycles. The van der Waals surface area contributed by atoms with Crippen LogP contribution in [0.4, 0.5) is 0 Å². The zero-order chi connectivity index (χ0) is 7.78. The Morgan fingerprint density at radius 2 is 2.10 bits per heavy atom. The fourth-order valence-electron chi connectivity index (χ4n) is 1.02. The summed E-state index contributed by atoms with van der Waals surface area (Å²) in [5.74, 6) is 0.0648. The fourth-order valence-corrected chi connectivity index (χ4v) is 2.10. The quantitative estimate of drug-likeness (QED) is 0.573. The van der Waals surface area contributed by atoms with Crippen molar-refractivity contribution in [3.05, 3.63) is 23.1 Å². The third kappa shape index (κ3) is 1.29. The summed E-state index contributed by atoms with van der Waals surface area (Å²) in [5.41, 5.74) is 0. The van der Waals surface area contributed by atoms with Crippen LogP contribution in [0.5, 0.6) is 0 Å². The van der Waals surface area contributed by atoms with Crippen molar-refractivity contribution in [3.63, 3.8) is 0 Å². The molecular weight excluding hydrogens is 148 g/mol. The molecular formula is C7H10O2S. The fraction of sp³-hybridized carbons (Fsp3) is 0.429. The highest BCUT2D eigenvalue weighted by Crippen LogP contribution is 2.22. The summed E-state index contributed by atoms with van der Waals surface area (Å²) < 4.78 is 21.9. The predicted octanol–water partition coefficient (Wildman–Crippen LogP) is 1.12. The van der Waals surface area contributed by atoms with Gasteiger partial charge in [-0.25, -0.2) is 8.42 Å². The minimum Gasteiger partial charge on any atom is -0.224 e. The van der Waals surface area contributed by atoms with E-state index in [1.807, 2.05) is 13.0 Å². The van der Waals surface area contributed by atoms with Gasteiger partial charge in [0.1, 0.15) is 0 Å². The number of rotatable bonds is 1. The van der Waals surface area contributed by atoms with Crippen molar-refractivity contribution in [2.24, 2.45) is 5.92 Å². The summed E-state index contributed by atoms with van der Waals surface area (Å²) in [7, 11) is -2.95. The maximum absolute atomic E-state index is 10.9. The van der Waals surface area contributed by atoms with Crippen molar-refractivity contribution in [3.8, 4) is 0 Å². The van der Waals surface area contributed by atoms with Gasteiger partial charge in [0.25, 0.3) is 0 Å². The summed E-state index contributed by atoms with van der Waals surface area (Å²) in [6.07, 6.45) is 6.54. The first kappa shape index (κ1) is 7.54. The molecule has 0 N–H and O–H groups in total. The van der Waals surface area contributed by atoms with Gasteiger partial charge in [-0.15, -0.1) is 0 Å². The summed E-state index contributed by atoms with van der Waals surface area (Å²) in [6, 6.07) is 0. The third-order valence-electron chi connectivity index (χ3n) is 1.54. The molecule has 1 atom stereocenters. The van der Waals surface area contributed by atoms with Gasteiger partial charge >= 0.3 is 0 Å². The third-order valence-corrected chi connectivity index (χ3v) is 2.90. The lowest BCUT2D eigenvalue weighted by Crippen LogP contribution is -2.04.